The van der Waals surface area contributed by atoms with Crippen LogP contribution in [0, 0.1) is 6.92 Å². The van der Waals surface area contributed by atoms with Gasteiger partial charge in [-0.1, -0.05) is 29.8 Å². The summed E-state index contributed by atoms with van der Waals surface area (Å²) in [4.78, 5) is 15.1. The van der Waals surface area contributed by atoms with Crippen molar-refractivity contribution >= 4 is 23.2 Å². The summed E-state index contributed by atoms with van der Waals surface area (Å²) in [6.07, 6.45) is 0.194. The summed E-state index contributed by atoms with van der Waals surface area (Å²) in [5.41, 5.74) is 4.08. The quantitative estimate of drug-likeness (QED) is 0.512. The number of halogens is 1. The van der Waals surface area contributed by atoms with E-state index in [-0.39, 0.29) is 18.1 Å². The molecule has 1 unspecified atom stereocenters. The first-order valence-electron chi connectivity index (χ1n) is 10.7. The molecule has 0 aliphatic carbocycles. The molecule has 3 aromatic carbocycles. The number of rotatable bonds is 6. The first kappa shape index (κ1) is 22.0. The van der Waals surface area contributed by atoms with Gasteiger partial charge in [0, 0.05) is 5.02 Å². The molecule has 3 aromatic rings. The normalized spacial score (nSPS) is 15.4. The van der Waals surface area contributed by atoms with E-state index in [1.165, 1.54) is 0 Å². The number of nitrogens with zero attached hydrogens (tertiary/aromatic N) is 1. The van der Waals surface area contributed by atoms with Gasteiger partial charge >= 0.3 is 0 Å². The van der Waals surface area contributed by atoms with Crippen LogP contribution in [0.2, 0.25) is 5.02 Å². The zero-order chi connectivity index (χ0) is 22.8. The van der Waals surface area contributed by atoms with Gasteiger partial charge in [-0.3, -0.25) is 9.69 Å². The lowest BCUT2D eigenvalue weighted by atomic mass is 9.86. The van der Waals surface area contributed by atoms with Gasteiger partial charge in [-0.05, 0) is 79.4 Å². The van der Waals surface area contributed by atoms with Crippen LogP contribution in [0.1, 0.15) is 42.1 Å². The Balaban J connectivity index is 1.94. The summed E-state index contributed by atoms with van der Waals surface area (Å²) < 4.78 is 11.7. The van der Waals surface area contributed by atoms with Crippen LogP contribution in [-0.4, -0.2) is 24.2 Å². The van der Waals surface area contributed by atoms with E-state index in [0.29, 0.717) is 35.4 Å². The van der Waals surface area contributed by atoms with Gasteiger partial charge in [-0.2, -0.15) is 0 Å². The van der Waals surface area contributed by atoms with Crippen LogP contribution >= 0.6 is 11.6 Å². The van der Waals surface area contributed by atoms with Crippen molar-refractivity contribution in [1.82, 2.24) is 0 Å². The highest BCUT2D eigenvalue weighted by Gasteiger charge is 2.37. The molecule has 1 N–H and O–H groups in total. The van der Waals surface area contributed by atoms with Gasteiger partial charge in [0.1, 0.15) is 5.75 Å². The number of phenolic OH excluding ortho intramolecular Hbond substituents is 1. The Morgan fingerprint density at radius 3 is 2.28 bits per heavy atom. The number of carbonyl (C=O) groups excluding carboxylic acids is 1. The number of anilines is 1. The molecule has 0 fully saturated rings. The Labute approximate surface area is 193 Å². The zero-order valence-electron chi connectivity index (χ0n) is 18.4. The number of phenols is 1. The molecule has 166 valence electrons. The number of amides is 1. The molecule has 0 aromatic heterocycles. The third kappa shape index (κ3) is 4.13. The Bertz CT molecular complexity index is 1140. The molecule has 0 spiro atoms. The molecule has 1 heterocycles. The van der Waals surface area contributed by atoms with Gasteiger partial charge in [0.25, 0.3) is 0 Å². The van der Waals surface area contributed by atoms with Gasteiger partial charge in [0.15, 0.2) is 11.5 Å². The number of fused-ring (bicyclic) bond motifs is 1. The predicted octanol–water partition coefficient (Wildman–Crippen LogP) is 5.83. The van der Waals surface area contributed by atoms with Gasteiger partial charge in [-0.25, -0.2) is 0 Å². The number of aromatic hydroxyl groups is 1. The summed E-state index contributed by atoms with van der Waals surface area (Å²) >= 11 is 6.14. The van der Waals surface area contributed by atoms with Crippen molar-refractivity contribution in [3.05, 3.63) is 81.9 Å². The molecule has 1 atom stereocenters. The standard InChI is InChI=1S/C26H26ClNO4/c1-4-31-23-13-18-14-25(30)28(21-11-6-16(3)12-22(21)29)26(17-7-9-19(27)10-8-17)20(18)15-24(23)32-5-2/h6-13,15,26,29H,4-5,14H2,1-3H3. The minimum absolute atomic E-state index is 0.0664. The van der Waals surface area contributed by atoms with Crippen LogP contribution in [0.25, 0.3) is 0 Å². The van der Waals surface area contributed by atoms with Gasteiger partial charge in [0.2, 0.25) is 5.91 Å². The van der Waals surface area contributed by atoms with Crippen LogP contribution in [-0.2, 0) is 11.2 Å². The molecule has 1 aliphatic heterocycles. The average molecular weight is 452 g/mol. The van der Waals surface area contributed by atoms with Crippen molar-refractivity contribution < 1.29 is 19.4 Å². The maximum atomic E-state index is 13.4. The molecule has 6 heteroatoms. The fraction of sp³-hybridized carbons (Fsp3) is 0.269. The van der Waals surface area contributed by atoms with Gasteiger partial charge in [-0.15, -0.1) is 0 Å². The number of carbonyl (C=O) groups is 1. The summed E-state index contributed by atoms with van der Waals surface area (Å²) in [5.74, 6) is 1.22. The number of hydrogen-bond acceptors (Lipinski definition) is 4. The van der Waals surface area contributed by atoms with E-state index < -0.39 is 6.04 Å². The minimum Gasteiger partial charge on any atom is -0.506 e. The molecule has 1 amide bonds. The van der Waals surface area contributed by atoms with E-state index in [1.807, 2.05) is 51.1 Å². The summed E-state index contributed by atoms with van der Waals surface area (Å²) in [5, 5.41) is 11.3. The first-order chi connectivity index (χ1) is 15.4. The van der Waals surface area contributed by atoms with E-state index in [1.54, 1.807) is 29.2 Å². The van der Waals surface area contributed by atoms with E-state index >= 15 is 0 Å². The third-order valence-electron chi connectivity index (χ3n) is 5.54. The predicted molar refractivity (Wildman–Crippen MR) is 126 cm³/mol. The molecule has 5 nitrogen and oxygen atoms in total. The maximum absolute atomic E-state index is 13.4. The van der Waals surface area contributed by atoms with Crippen LogP contribution in [0.15, 0.2) is 54.6 Å². The summed E-state index contributed by atoms with van der Waals surface area (Å²) in [7, 11) is 0. The Hall–Kier alpha value is -3.18. The highest BCUT2D eigenvalue weighted by molar-refractivity contribution is 6.30. The largest absolute Gasteiger partial charge is 0.506 e. The molecular weight excluding hydrogens is 426 g/mol. The molecule has 32 heavy (non-hydrogen) atoms. The topological polar surface area (TPSA) is 59.0 Å². The molecule has 0 radical (unpaired) electrons. The van der Waals surface area contributed by atoms with E-state index in [0.717, 1.165) is 22.3 Å². The number of ether oxygens (including phenoxy) is 2. The average Bonchev–Trinajstić information content (AvgIpc) is 2.75. The second-order valence-corrected chi connectivity index (χ2v) is 8.19. The zero-order valence-corrected chi connectivity index (χ0v) is 19.1. The molecule has 1 aliphatic rings. The monoisotopic (exact) mass is 451 g/mol. The smallest absolute Gasteiger partial charge is 0.232 e. The second-order valence-electron chi connectivity index (χ2n) is 7.75. The molecule has 0 bridgehead atoms. The molecular formula is C26H26ClNO4. The maximum Gasteiger partial charge on any atom is 0.232 e. The molecule has 0 saturated heterocycles. The minimum atomic E-state index is -0.452. The summed E-state index contributed by atoms with van der Waals surface area (Å²) in [6.45, 7) is 6.73. The van der Waals surface area contributed by atoms with E-state index in [9.17, 15) is 9.90 Å². The van der Waals surface area contributed by atoms with Crippen LogP contribution in [0.4, 0.5) is 5.69 Å². The van der Waals surface area contributed by atoms with Crippen molar-refractivity contribution in [3.63, 3.8) is 0 Å². The van der Waals surface area contributed by atoms with Gasteiger partial charge in [0.05, 0.1) is 31.4 Å². The fourth-order valence-corrected chi connectivity index (χ4v) is 4.30. The lowest BCUT2D eigenvalue weighted by Crippen LogP contribution is -2.41. The van der Waals surface area contributed by atoms with Crippen molar-refractivity contribution in [3.8, 4) is 17.2 Å². The van der Waals surface area contributed by atoms with Crippen LogP contribution in [0.3, 0.4) is 0 Å². The third-order valence-corrected chi connectivity index (χ3v) is 5.80. The van der Waals surface area contributed by atoms with Crippen molar-refractivity contribution in [2.24, 2.45) is 0 Å². The number of aryl methyl sites for hydroxylation is 1. The van der Waals surface area contributed by atoms with E-state index in [4.69, 9.17) is 21.1 Å². The Morgan fingerprint density at radius 1 is 1.00 bits per heavy atom. The fourth-order valence-electron chi connectivity index (χ4n) is 4.18. The van der Waals surface area contributed by atoms with Crippen molar-refractivity contribution in [1.29, 1.82) is 0 Å². The van der Waals surface area contributed by atoms with Crippen LogP contribution < -0.4 is 14.4 Å². The van der Waals surface area contributed by atoms with Crippen molar-refractivity contribution in [2.75, 3.05) is 18.1 Å². The highest BCUT2D eigenvalue weighted by Crippen LogP contribution is 2.45. The second kappa shape index (κ2) is 9.13. The van der Waals surface area contributed by atoms with Gasteiger partial charge < -0.3 is 14.6 Å². The molecule has 4 rings (SSSR count). The molecule has 0 saturated carbocycles. The Morgan fingerprint density at radius 2 is 1.66 bits per heavy atom. The first-order valence-corrected chi connectivity index (χ1v) is 11.1. The lowest BCUT2D eigenvalue weighted by Gasteiger charge is -2.38. The SMILES string of the molecule is CCOc1cc2c(cc1OCC)C(c1ccc(Cl)cc1)N(c1ccc(C)cc1O)C(=O)C2. The Kier molecular flexibility index (Phi) is 6.28. The number of benzene rings is 3. The lowest BCUT2D eigenvalue weighted by molar-refractivity contribution is -0.118. The summed E-state index contributed by atoms with van der Waals surface area (Å²) in [6, 6.07) is 16.2. The highest BCUT2D eigenvalue weighted by atomic mass is 35.5. The van der Waals surface area contributed by atoms with Crippen molar-refractivity contribution in [2.45, 2.75) is 33.2 Å². The van der Waals surface area contributed by atoms with Crippen LogP contribution in [0.5, 0.6) is 17.2 Å². The van der Waals surface area contributed by atoms with E-state index in [2.05, 4.69) is 0 Å². The number of hydrogen-bond donors (Lipinski definition) is 1.